The van der Waals surface area contributed by atoms with Crippen molar-refractivity contribution in [2.24, 2.45) is 0 Å². The lowest BCUT2D eigenvalue weighted by Crippen LogP contribution is -2.18. The van der Waals surface area contributed by atoms with Gasteiger partial charge in [0.2, 0.25) is 0 Å². The first-order valence-corrected chi connectivity index (χ1v) is 8.29. The van der Waals surface area contributed by atoms with E-state index in [1.54, 1.807) is 7.11 Å². The molecule has 21 heavy (non-hydrogen) atoms. The molecule has 1 atom stereocenters. The molecule has 0 bridgehead atoms. The van der Waals surface area contributed by atoms with E-state index in [1.807, 2.05) is 30.9 Å². The minimum absolute atomic E-state index is 0.339. The van der Waals surface area contributed by atoms with E-state index in [1.165, 1.54) is 16.0 Å². The summed E-state index contributed by atoms with van der Waals surface area (Å²) in [4.78, 5) is 1.19. The Morgan fingerprint density at radius 2 is 1.81 bits per heavy atom. The highest BCUT2D eigenvalue weighted by atomic mass is 32.2. The summed E-state index contributed by atoms with van der Waals surface area (Å²) in [7, 11) is 3.74. The first-order chi connectivity index (χ1) is 10.3. The Hall–Kier alpha value is -1.45. The number of ether oxygens (including phenoxy) is 1. The molecule has 0 fully saturated rings. The second-order valence-electron chi connectivity index (χ2n) is 4.90. The van der Waals surface area contributed by atoms with Gasteiger partial charge in [0.25, 0.3) is 0 Å². The Labute approximate surface area is 131 Å². The van der Waals surface area contributed by atoms with Crippen LogP contribution in [-0.4, -0.2) is 19.9 Å². The minimum Gasteiger partial charge on any atom is -0.496 e. The normalized spacial score (nSPS) is 12.1. The van der Waals surface area contributed by atoms with Crippen molar-refractivity contribution in [3.63, 3.8) is 0 Å². The molecule has 112 valence electrons. The van der Waals surface area contributed by atoms with Crippen LogP contribution in [0.25, 0.3) is 0 Å². The van der Waals surface area contributed by atoms with Crippen molar-refractivity contribution in [3.05, 3.63) is 59.7 Å². The van der Waals surface area contributed by atoms with E-state index in [9.17, 15) is 0 Å². The molecule has 2 nitrogen and oxygen atoms in total. The number of para-hydroxylation sites is 1. The SMILES string of the molecule is CCc1ccc(C(CSc2ccccc2OC)NC)cc1. The van der Waals surface area contributed by atoms with Gasteiger partial charge in [0.1, 0.15) is 5.75 Å². The second kappa shape index (κ2) is 8.11. The molecule has 0 aliphatic rings. The van der Waals surface area contributed by atoms with Crippen LogP contribution < -0.4 is 10.1 Å². The number of hydrogen-bond donors (Lipinski definition) is 1. The number of benzene rings is 2. The molecule has 1 N–H and O–H groups in total. The fourth-order valence-corrected chi connectivity index (χ4v) is 3.42. The predicted octanol–water partition coefficient (Wildman–Crippen LogP) is 4.31. The van der Waals surface area contributed by atoms with Crippen molar-refractivity contribution in [1.82, 2.24) is 5.32 Å². The number of nitrogens with one attached hydrogen (secondary N) is 1. The largest absolute Gasteiger partial charge is 0.496 e. The van der Waals surface area contributed by atoms with Crippen LogP contribution in [0.15, 0.2) is 53.4 Å². The quantitative estimate of drug-likeness (QED) is 0.770. The zero-order chi connectivity index (χ0) is 15.1. The molecule has 0 saturated heterocycles. The number of methoxy groups -OCH3 is 1. The standard InChI is InChI=1S/C18H23NOS/c1-4-14-9-11-15(12-10-14)16(19-2)13-21-18-8-6-5-7-17(18)20-3/h5-12,16,19H,4,13H2,1-3H3. The van der Waals surface area contributed by atoms with Gasteiger partial charge < -0.3 is 10.1 Å². The summed E-state index contributed by atoms with van der Waals surface area (Å²) >= 11 is 1.82. The van der Waals surface area contributed by atoms with E-state index >= 15 is 0 Å². The van der Waals surface area contributed by atoms with Crippen LogP contribution in [0.1, 0.15) is 24.1 Å². The lowest BCUT2D eigenvalue weighted by molar-refractivity contribution is 0.405. The van der Waals surface area contributed by atoms with E-state index in [0.717, 1.165) is 17.9 Å². The molecule has 0 saturated carbocycles. The molecule has 0 aromatic heterocycles. The Kier molecular flexibility index (Phi) is 6.15. The number of thioether (sulfide) groups is 1. The molecular formula is C18H23NOS. The maximum atomic E-state index is 5.41. The molecule has 3 heteroatoms. The van der Waals surface area contributed by atoms with Crippen LogP contribution in [0.4, 0.5) is 0 Å². The monoisotopic (exact) mass is 301 g/mol. The van der Waals surface area contributed by atoms with Crippen molar-refractivity contribution < 1.29 is 4.74 Å². The van der Waals surface area contributed by atoms with Gasteiger partial charge in [0, 0.05) is 16.7 Å². The molecule has 2 aromatic carbocycles. The van der Waals surface area contributed by atoms with Crippen LogP contribution in [0.5, 0.6) is 5.75 Å². The number of rotatable bonds is 7. The van der Waals surface area contributed by atoms with Gasteiger partial charge >= 0.3 is 0 Å². The Bertz CT molecular complexity index is 553. The highest BCUT2D eigenvalue weighted by Crippen LogP contribution is 2.31. The van der Waals surface area contributed by atoms with Crippen molar-refractivity contribution >= 4 is 11.8 Å². The summed E-state index contributed by atoms with van der Waals surface area (Å²) in [6, 6.07) is 17.4. The number of aryl methyl sites for hydroxylation is 1. The first kappa shape index (κ1) is 15.9. The Morgan fingerprint density at radius 3 is 2.43 bits per heavy atom. The van der Waals surface area contributed by atoms with Crippen LogP contribution in [-0.2, 0) is 6.42 Å². The third-order valence-electron chi connectivity index (χ3n) is 3.61. The molecule has 1 unspecified atom stereocenters. The van der Waals surface area contributed by atoms with Crippen LogP contribution >= 0.6 is 11.8 Å². The van der Waals surface area contributed by atoms with E-state index in [2.05, 4.69) is 48.6 Å². The van der Waals surface area contributed by atoms with Gasteiger partial charge in [-0.25, -0.2) is 0 Å². The molecule has 2 rings (SSSR count). The Morgan fingerprint density at radius 1 is 1.10 bits per heavy atom. The van der Waals surface area contributed by atoms with Crippen LogP contribution in [0.3, 0.4) is 0 Å². The summed E-state index contributed by atoms with van der Waals surface area (Å²) in [5.41, 5.74) is 2.71. The molecule has 0 heterocycles. The highest BCUT2D eigenvalue weighted by molar-refractivity contribution is 7.99. The second-order valence-corrected chi connectivity index (χ2v) is 5.96. The summed E-state index contributed by atoms with van der Waals surface area (Å²) in [6.07, 6.45) is 1.08. The predicted molar refractivity (Wildman–Crippen MR) is 91.3 cm³/mol. The maximum Gasteiger partial charge on any atom is 0.132 e. The molecule has 0 aliphatic carbocycles. The summed E-state index contributed by atoms with van der Waals surface area (Å²) < 4.78 is 5.41. The Balaban J connectivity index is 2.04. The lowest BCUT2D eigenvalue weighted by atomic mass is 10.1. The first-order valence-electron chi connectivity index (χ1n) is 7.30. The van der Waals surface area contributed by atoms with Gasteiger partial charge in [0.05, 0.1) is 7.11 Å². The van der Waals surface area contributed by atoms with Crippen molar-refractivity contribution in [2.75, 3.05) is 19.9 Å². The van der Waals surface area contributed by atoms with E-state index in [0.29, 0.717) is 6.04 Å². The third-order valence-corrected chi connectivity index (χ3v) is 4.76. The van der Waals surface area contributed by atoms with Gasteiger partial charge in [-0.1, -0.05) is 43.3 Å². The lowest BCUT2D eigenvalue weighted by Gasteiger charge is -2.17. The zero-order valence-electron chi connectivity index (χ0n) is 12.9. The molecule has 0 spiro atoms. The fraction of sp³-hybridized carbons (Fsp3) is 0.333. The van der Waals surface area contributed by atoms with Gasteiger partial charge in [0.15, 0.2) is 0 Å². The topological polar surface area (TPSA) is 21.3 Å². The summed E-state index contributed by atoms with van der Waals surface area (Å²) in [5, 5.41) is 3.40. The van der Waals surface area contributed by atoms with Crippen molar-refractivity contribution in [3.8, 4) is 5.75 Å². The van der Waals surface area contributed by atoms with Crippen molar-refractivity contribution in [2.45, 2.75) is 24.3 Å². The maximum absolute atomic E-state index is 5.41. The average Bonchev–Trinajstić information content (AvgIpc) is 2.56. The van der Waals surface area contributed by atoms with Crippen LogP contribution in [0.2, 0.25) is 0 Å². The average molecular weight is 301 g/mol. The molecular weight excluding hydrogens is 278 g/mol. The van der Waals surface area contributed by atoms with E-state index in [-0.39, 0.29) is 0 Å². The molecule has 0 amide bonds. The summed E-state index contributed by atoms with van der Waals surface area (Å²) in [6.45, 7) is 2.18. The third kappa shape index (κ3) is 4.26. The van der Waals surface area contributed by atoms with E-state index < -0.39 is 0 Å². The van der Waals surface area contributed by atoms with Crippen LogP contribution in [0, 0.1) is 0 Å². The van der Waals surface area contributed by atoms with Gasteiger partial charge in [-0.3, -0.25) is 0 Å². The highest BCUT2D eigenvalue weighted by Gasteiger charge is 2.11. The summed E-state index contributed by atoms with van der Waals surface area (Å²) in [5.74, 6) is 1.92. The van der Waals surface area contributed by atoms with Gasteiger partial charge in [-0.15, -0.1) is 11.8 Å². The molecule has 0 aliphatic heterocycles. The van der Waals surface area contributed by atoms with Gasteiger partial charge in [-0.05, 0) is 36.7 Å². The number of hydrogen-bond acceptors (Lipinski definition) is 3. The molecule has 0 radical (unpaired) electrons. The van der Waals surface area contributed by atoms with Crippen molar-refractivity contribution in [1.29, 1.82) is 0 Å². The smallest absolute Gasteiger partial charge is 0.132 e. The zero-order valence-corrected chi connectivity index (χ0v) is 13.7. The fourth-order valence-electron chi connectivity index (χ4n) is 2.24. The minimum atomic E-state index is 0.339. The van der Waals surface area contributed by atoms with E-state index in [4.69, 9.17) is 4.74 Å². The molecule has 2 aromatic rings. The van der Waals surface area contributed by atoms with Gasteiger partial charge in [-0.2, -0.15) is 0 Å².